The lowest BCUT2D eigenvalue weighted by Gasteiger charge is -2.25. The minimum atomic E-state index is -0.459. The van der Waals surface area contributed by atoms with Crippen molar-refractivity contribution in [2.24, 2.45) is 0 Å². The quantitative estimate of drug-likeness (QED) is 0.755. The maximum atomic E-state index is 11.9. The van der Waals surface area contributed by atoms with Gasteiger partial charge >= 0.3 is 0 Å². The standard InChI is InChI=1S/C10H14N2O2S/c1-12(7-5-11-6-8(7)13)10(14)9-3-2-4-15-9/h2-4,7-8,11,13H,5-6H2,1H3. The summed E-state index contributed by atoms with van der Waals surface area (Å²) in [6.07, 6.45) is -0.459. The third kappa shape index (κ3) is 2.04. The summed E-state index contributed by atoms with van der Waals surface area (Å²) in [5.74, 6) is -0.0160. The number of hydrogen-bond acceptors (Lipinski definition) is 4. The molecule has 1 fully saturated rings. The van der Waals surface area contributed by atoms with E-state index in [4.69, 9.17) is 0 Å². The number of nitrogens with zero attached hydrogens (tertiary/aromatic N) is 1. The van der Waals surface area contributed by atoms with E-state index in [1.807, 2.05) is 11.4 Å². The van der Waals surface area contributed by atoms with Crippen molar-refractivity contribution in [2.75, 3.05) is 20.1 Å². The molecule has 15 heavy (non-hydrogen) atoms. The second-order valence-electron chi connectivity index (χ2n) is 3.69. The molecular weight excluding hydrogens is 212 g/mol. The molecule has 0 radical (unpaired) electrons. The highest BCUT2D eigenvalue weighted by molar-refractivity contribution is 7.12. The number of carbonyl (C=O) groups is 1. The maximum Gasteiger partial charge on any atom is 0.264 e. The van der Waals surface area contributed by atoms with Crippen LogP contribution in [0.2, 0.25) is 0 Å². The van der Waals surface area contributed by atoms with Crippen molar-refractivity contribution in [3.8, 4) is 0 Å². The molecule has 0 aromatic carbocycles. The van der Waals surface area contributed by atoms with Gasteiger partial charge in [0.25, 0.3) is 5.91 Å². The number of amides is 1. The maximum absolute atomic E-state index is 11.9. The van der Waals surface area contributed by atoms with Crippen LogP contribution in [-0.2, 0) is 0 Å². The number of aliphatic hydroxyl groups excluding tert-OH is 1. The van der Waals surface area contributed by atoms with Crippen LogP contribution in [0.1, 0.15) is 9.67 Å². The zero-order chi connectivity index (χ0) is 10.8. The van der Waals surface area contributed by atoms with E-state index in [9.17, 15) is 9.90 Å². The van der Waals surface area contributed by atoms with Gasteiger partial charge in [0.05, 0.1) is 17.0 Å². The molecule has 2 heterocycles. The first-order valence-electron chi connectivity index (χ1n) is 4.89. The lowest BCUT2D eigenvalue weighted by atomic mass is 10.2. The van der Waals surface area contributed by atoms with Gasteiger partial charge in [0.15, 0.2) is 0 Å². The number of β-amino-alcohol motifs (C(OH)–C–C–N with tert-alkyl or cyclic N) is 1. The van der Waals surface area contributed by atoms with Crippen LogP contribution in [0.5, 0.6) is 0 Å². The van der Waals surface area contributed by atoms with Gasteiger partial charge in [-0.15, -0.1) is 11.3 Å². The highest BCUT2D eigenvalue weighted by atomic mass is 32.1. The Balaban J connectivity index is 2.07. The van der Waals surface area contributed by atoms with E-state index in [0.29, 0.717) is 13.1 Å². The summed E-state index contributed by atoms with van der Waals surface area (Å²) in [6.45, 7) is 1.22. The van der Waals surface area contributed by atoms with Crippen LogP contribution in [0, 0.1) is 0 Å². The molecule has 1 aliphatic heterocycles. The molecule has 1 amide bonds. The summed E-state index contributed by atoms with van der Waals surface area (Å²) in [6, 6.07) is 3.55. The number of thiophene rings is 1. The number of nitrogens with one attached hydrogen (secondary N) is 1. The molecule has 0 aliphatic carbocycles. The SMILES string of the molecule is CN(C(=O)c1cccs1)C1CNCC1O. The Hall–Kier alpha value is -0.910. The predicted molar refractivity (Wildman–Crippen MR) is 59.1 cm³/mol. The van der Waals surface area contributed by atoms with Gasteiger partial charge in [-0.3, -0.25) is 4.79 Å². The lowest BCUT2D eigenvalue weighted by molar-refractivity contribution is 0.0585. The smallest absolute Gasteiger partial charge is 0.264 e. The number of carbonyl (C=O) groups excluding carboxylic acids is 1. The van der Waals surface area contributed by atoms with Crippen LogP contribution >= 0.6 is 11.3 Å². The molecule has 2 atom stereocenters. The van der Waals surface area contributed by atoms with Gasteiger partial charge in [-0.05, 0) is 11.4 Å². The Bertz CT molecular complexity index is 339. The Morgan fingerprint density at radius 3 is 3.00 bits per heavy atom. The Kier molecular flexibility index (Phi) is 3.04. The van der Waals surface area contributed by atoms with E-state index in [2.05, 4.69) is 5.32 Å². The summed E-state index contributed by atoms with van der Waals surface area (Å²) in [4.78, 5) is 14.3. The summed E-state index contributed by atoms with van der Waals surface area (Å²) in [5.41, 5.74) is 0. The number of rotatable bonds is 2. The van der Waals surface area contributed by atoms with Gasteiger partial charge in [-0.1, -0.05) is 6.07 Å². The molecule has 2 unspecified atom stereocenters. The van der Waals surface area contributed by atoms with E-state index < -0.39 is 6.10 Å². The van der Waals surface area contributed by atoms with Crippen molar-refractivity contribution in [1.29, 1.82) is 0 Å². The summed E-state index contributed by atoms with van der Waals surface area (Å²) in [5, 5.41) is 14.6. The average molecular weight is 226 g/mol. The zero-order valence-corrected chi connectivity index (χ0v) is 9.33. The minimum absolute atomic E-state index is 0.0160. The van der Waals surface area contributed by atoms with Gasteiger partial charge < -0.3 is 15.3 Å². The largest absolute Gasteiger partial charge is 0.390 e. The molecule has 0 saturated carbocycles. The van der Waals surface area contributed by atoms with Crippen LogP contribution < -0.4 is 5.32 Å². The second kappa shape index (κ2) is 4.30. The fourth-order valence-corrected chi connectivity index (χ4v) is 2.48. The number of likely N-dealkylation sites (N-methyl/N-ethyl adjacent to an activating group) is 1. The molecule has 1 aromatic heterocycles. The Labute approximate surface area is 92.5 Å². The molecule has 2 N–H and O–H groups in total. The molecule has 82 valence electrons. The van der Waals surface area contributed by atoms with E-state index in [1.165, 1.54) is 11.3 Å². The molecule has 2 rings (SSSR count). The topological polar surface area (TPSA) is 52.6 Å². The molecule has 4 nitrogen and oxygen atoms in total. The fraction of sp³-hybridized carbons (Fsp3) is 0.500. The first-order valence-corrected chi connectivity index (χ1v) is 5.77. The molecule has 1 aromatic rings. The van der Waals surface area contributed by atoms with Crippen LogP contribution in [0.4, 0.5) is 0 Å². The predicted octanol–water partition coefficient (Wildman–Crippen LogP) is 0.153. The van der Waals surface area contributed by atoms with Crippen molar-refractivity contribution < 1.29 is 9.90 Å². The van der Waals surface area contributed by atoms with E-state index >= 15 is 0 Å². The zero-order valence-electron chi connectivity index (χ0n) is 8.51. The molecule has 0 spiro atoms. The molecule has 1 aliphatic rings. The third-order valence-electron chi connectivity index (χ3n) is 2.70. The van der Waals surface area contributed by atoms with Crippen LogP contribution in [0.3, 0.4) is 0 Å². The summed E-state index contributed by atoms with van der Waals surface area (Å²) < 4.78 is 0. The number of aliphatic hydroxyl groups is 1. The monoisotopic (exact) mass is 226 g/mol. The number of hydrogen-bond donors (Lipinski definition) is 2. The third-order valence-corrected chi connectivity index (χ3v) is 3.56. The van der Waals surface area contributed by atoms with E-state index in [-0.39, 0.29) is 11.9 Å². The van der Waals surface area contributed by atoms with E-state index in [0.717, 1.165) is 4.88 Å². The summed E-state index contributed by atoms with van der Waals surface area (Å²) >= 11 is 1.43. The highest BCUT2D eigenvalue weighted by Crippen LogP contribution is 2.15. The second-order valence-corrected chi connectivity index (χ2v) is 4.63. The first-order chi connectivity index (χ1) is 7.20. The van der Waals surface area contributed by atoms with E-state index in [1.54, 1.807) is 18.0 Å². The fourth-order valence-electron chi connectivity index (χ4n) is 1.77. The van der Waals surface area contributed by atoms with Crippen molar-refractivity contribution in [3.05, 3.63) is 22.4 Å². The van der Waals surface area contributed by atoms with Gasteiger partial charge in [0, 0.05) is 20.1 Å². The van der Waals surface area contributed by atoms with Gasteiger partial charge in [0.2, 0.25) is 0 Å². The van der Waals surface area contributed by atoms with Crippen molar-refractivity contribution in [1.82, 2.24) is 10.2 Å². The Morgan fingerprint density at radius 2 is 2.47 bits per heavy atom. The molecular formula is C10H14N2O2S. The lowest BCUT2D eigenvalue weighted by Crippen LogP contribution is -2.44. The molecule has 1 saturated heterocycles. The van der Waals surface area contributed by atoms with Gasteiger partial charge in [-0.2, -0.15) is 0 Å². The molecule has 5 heteroatoms. The van der Waals surface area contributed by atoms with Crippen LogP contribution in [0.15, 0.2) is 17.5 Å². The van der Waals surface area contributed by atoms with Gasteiger partial charge in [-0.25, -0.2) is 0 Å². The Morgan fingerprint density at radius 1 is 1.67 bits per heavy atom. The van der Waals surface area contributed by atoms with Crippen molar-refractivity contribution in [3.63, 3.8) is 0 Å². The van der Waals surface area contributed by atoms with Crippen LogP contribution in [0.25, 0.3) is 0 Å². The highest BCUT2D eigenvalue weighted by Gasteiger charge is 2.31. The minimum Gasteiger partial charge on any atom is -0.390 e. The van der Waals surface area contributed by atoms with Crippen molar-refractivity contribution in [2.45, 2.75) is 12.1 Å². The average Bonchev–Trinajstić information content (AvgIpc) is 2.85. The van der Waals surface area contributed by atoms with Crippen LogP contribution in [-0.4, -0.2) is 48.2 Å². The molecule has 0 bridgehead atoms. The van der Waals surface area contributed by atoms with Gasteiger partial charge in [0.1, 0.15) is 0 Å². The normalized spacial score (nSPS) is 25.5. The first kappa shape index (κ1) is 10.6. The summed E-state index contributed by atoms with van der Waals surface area (Å²) in [7, 11) is 1.74. The van der Waals surface area contributed by atoms with Crippen molar-refractivity contribution >= 4 is 17.2 Å².